The van der Waals surface area contributed by atoms with Gasteiger partial charge in [-0.1, -0.05) is 30.3 Å². The zero-order chi connectivity index (χ0) is 17.6. The molecule has 0 aliphatic carbocycles. The van der Waals surface area contributed by atoms with Crippen LogP contribution in [0.1, 0.15) is 25.0 Å². The van der Waals surface area contributed by atoms with Gasteiger partial charge in [-0.15, -0.1) is 0 Å². The zero-order valence-corrected chi connectivity index (χ0v) is 13.9. The molecule has 0 atom stereocenters. The second kappa shape index (κ2) is 5.38. The van der Waals surface area contributed by atoms with E-state index in [4.69, 9.17) is 4.99 Å². The first-order valence-corrected chi connectivity index (χ1v) is 7.95. The Morgan fingerprint density at radius 2 is 1.92 bits per heavy atom. The van der Waals surface area contributed by atoms with Crippen molar-refractivity contribution >= 4 is 22.3 Å². The van der Waals surface area contributed by atoms with Crippen molar-refractivity contribution in [1.82, 2.24) is 4.98 Å². The van der Waals surface area contributed by atoms with E-state index in [1.807, 2.05) is 30.3 Å². The maximum atomic E-state index is 14.5. The Bertz CT molecular complexity index is 1060. The van der Waals surface area contributed by atoms with Gasteiger partial charge in [0.15, 0.2) is 6.19 Å². The number of fused-ring (bicyclic) bond motifs is 2. The van der Waals surface area contributed by atoms with Crippen molar-refractivity contribution in [3.63, 3.8) is 0 Å². The van der Waals surface area contributed by atoms with Crippen LogP contribution in [0.2, 0.25) is 0 Å². The SMILES string of the molecule is CC1(C)N=C(c2cnc3ccccc3c2)c2cccc(F)c2N1C#N. The molecule has 2 heterocycles. The minimum atomic E-state index is -0.884. The Labute approximate surface area is 144 Å². The number of anilines is 1. The summed E-state index contributed by atoms with van der Waals surface area (Å²) in [6, 6.07) is 14.6. The van der Waals surface area contributed by atoms with E-state index in [1.165, 1.54) is 11.0 Å². The Kier molecular flexibility index (Phi) is 3.29. The van der Waals surface area contributed by atoms with Crippen LogP contribution in [0.15, 0.2) is 59.7 Å². The monoisotopic (exact) mass is 330 g/mol. The minimum absolute atomic E-state index is 0.258. The predicted octanol–water partition coefficient (Wildman–Crippen LogP) is 4.25. The summed E-state index contributed by atoms with van der Waals surface area (Å²) in [6.45, 7) is 3.58. The van der Waals surface area contributed by atoms with Crippen molar-refractivity contribution < 1.29 is 4.39 Å². The fourth-order valence-electron chi connectivity index (χ4n) is 3.18. The molecule has 4 rings (SSSR count). The molecule has 0 radical (unpaired) electrons. The van der Waals surface area contributed by atoms with Crippen molar-refractivity contribution in [1.29, 1.82) is 5.26 Å². The molecule has 2 aromatic carbocycles. The van der Waals surface area contributed by atoms with Crippen LogP contribution in [0.4, 0.5) is 10.1 Å². The van der Waals surface area contributed by atoms with Gasteiger partial charge in [-0.2, -0.15) is 5.26 Å². The number of nitriles is 1. The maximum absolute atomic E-state index is 14.5. The van der Waals surface area contributed by atoms with E-state index in [2.05, 4.69) is 11.2 Å². The molecule has 0 spiro atoms. The number of aromatic nitrogens is 1. The van der Waals surface area contributed by atoms with Crippen molar-refractivity contribution in [2.24, 2.45) is 4.99 Å². The number of aliphatic imine (C=N–C) groups is 1. The molecule has 0 fully saturated rings. The first kappa shape index (κ1) is 15.3. The number of halogens is 1. The summed E-state index contributed by atoms with van der Waals surface area (Å²) in [7, 11) is 0. The van der Waals surface area contributed by atoms with Crippen LogP contribution < -0.4 is 4.90 Å². The number of nitrogens with zero attached hydrogens (tertiary/aromatic N) is 4. The molecule has 1 aliphatic rings. The molecule has 25 heavy (non-hydrogen) atoms. The molecule has 1 aliphatic heterocycles. The highest BCUT2D eigenvalue weighted by Crippen LogP contribution is 2.37. The van der Waals surface area contributed by atoms with Crippen molar-refractivity contribution in [2.75, 3.05) is 4.90 Å². The number of rotatable bonds is 1. The fraction of sp³-hybridized carbons (Fsp3) is 0.150. The summed E-state index contributed by atoms with van der Waals surface area (Å²) in [5.74, 6) is -0.437. The van der Waals surface area contributed by atoms with E-state index in [9.17, 15) is 9.65 Å². The van der Waals surface area contributed by atoms with Crippen LogP contribution in [0.5, 0.6) is 0 Å². The normalized spacial score (nSPS) is 15.4. The van der Waals surface area contributed by atoms with E-state index in [0.717, 1.165) is 16.5 Å². The van der Waals surface area contributed by atoms with Gasteiger partial charge in [-0.25, -0.2) is 4.39 Å². The third-order valence-corrected chi connectivity index (χ3v) is 4.36. The van der Waals surface area contributed by atoms with Crippen LogP contribution in [0.25, 0.3) is 10.9 Å². The highest BCUT2D eigenvalue weighted by molar-refractivity contribution is 6.18. The second-order valence-corrected chi connectivity index (χ2v) is 6.44. The van der Waals surface area contributed by atoms with Crippen LogP contribution in [-0.2, 0) is 0 Å². The van der Waals surface area contributed by atoms with Gasteiger partial charge in [0, 0.05) is 22.7 Å². The molecule has 0 saturated carbocycles. The summed E-state index contributed by atoms with van der Waals surface area (Å²) >= 11 is 0. The average Bonchev–Trinajstić information content (AvgIpc) is 2.61. The summed E-state index contributed by atoms with van der Waals surface area (Å²) in [5.41, 5.74) is 2.30. The average molecular weight is 330 g/mol. The quantitative estimate of drug-likeness (QED) is 0.627. The summed E-state index contributed by atoms with van der Waals surface area (Å²) < 4.78 is 14.5. The highest BCUT2D eigenvalue weighted by atomic mass is 19.1. The lowest BCUT2D eigenvalue weighted by molar-refractivity contribution is 0.514. The summed E-state index contributed by atoms with van der Waals surface area (Å²) in [4.78, 5) is 10.5. The molecule has 0 bridgehead atoms. The smallest absolute Gasteiger partial charge is 0.186 e. The molecule has 0 unspecified atom stereocenters. The summed E-state index contributed by atoms with van der Waals surface area (Å²) in [5, 5.41) is 10.5. The lowest BCUT2D eigenvalue weighted by atomic mass is 9.95. The van der Waals surface area contributed by atoms with Crippen LogP contribution in [0, 0.1) is 17.3 Å². The van der Waals surface area contributed by atoms with Crippen molar-refractivity contribution in [3.8, 4) is 6.19 Å². The van der Waals surface area contributed by atoms with Crippen LogP contribution in [-0.4, -0.2) is 16.4 Å². The number of para-hydroxylation sites is 2. The van der Waals surface area contributed by atoms with Gasteiger partial charge in [0.05, 0.1) is 16.9 Å². The zero-order valence-electron chi connectivity index (χ0n) is 13.9. The molecular formula is C20H15FN4. The number of hydrogen-bond acceptors (Lipinski definition) is 4. The summed E-state index contributed by atoms with van der Waals surface area (Å²) in [6.07, 6.45) is 3.81. The second-order valence-electron chi connectivity index (χ2n) is 6.44. The Balaban J connectivity index is 1.99. The lowest BCUT2D eigenvalue weighted by Gasteiger charge is -2.37. The van der Waals surface area contributed by atoms with E-state index in [1.54, 1.807) is 32.2 Å². The molecule has 3 aromatic rings. The fourth-order valence-corrected chi connectivity index (χ4v) is 3.18. The topological polar surface area (TPSA) is 52.3 Å². The molecule has 0 saturated heterocycles. The van der Waals surface area contributed by atoms with E-state index in [0.29, 0.717) is 11.3 Å². The third kappa shape index (κ3) is 2.34. The molecule has 122 valence electrons. The lowest BCUT2D eigenvalue weighted by Crippen LogP contribution is -2.44. The van der Waals surface area contributed by atoms with Gasteiger partial charge in [0.1, 0.15) is 11.5 Å². The van der Waals surface area contributed by atoms with Gasteiger partial charge in [-0.05, 0) is 32.0 Å². The molecule has 0 amide bonds. The van der Waals surface area contributed by atoms with Gasteiger partial charge in [0.25, 0.3) is 0 Å². The van der Waals surface area contributed by atoms with Crippen LogP contribution in [0.3, 0.4) is 0 Å². The first-order chi connectivity index (χ1) is 12.0. The van der Waals surface area contributed by atoms with E-state index < -0.39 is 11.5 Å². The largest absolute Gasteiger partial charge is 0.256 e. The van der Waals surface area contributed by atoms with Crippen molar-refractivity contribution in [3.05, 3.63) is 71.7 Å². The Morgan fingerprint density at radius 1 is 1.12 bits per heavy atom. The van der Waals surface area contributed by atoms with Gasteiger partial charge >= 0.3 is 0 Å². The molecular weight excluding hydrogens is 315 g/mol. The minimum Gasteiger partial charge on any atom is -0.256 e. The number of benzene rings is 2. The highest BCUT2D eigenvalue weighted by Gasteiger charge is 2.36. The third-order valence-electron chi connectivity index (χ3n) is 4.36. The predicted molar refractivity (Wildman–Crippen MR) is 96.0 cm³/mol. The molecule has 0 N–H and O–H groups in total. The first-order valence-electron chi connectivity index (χ1n) is 7.95. The van der Waals surface area contributed by atoms with Gasteiger partial charge < -0.3 is 0 Å². The van der Waals surface area contributed by atoms with E-state index >= 15 is 0 Å². The van der Waals surface area contributed by atoms with Gasteiger partial charge in [-0.3, -0.25) is 14.9 Å². The standard InChI is InChI=1S/C20H15FN4/c1-20(2)24-18(14-10-13-6-3-4-9-17(13)23-11-14)15-7-5-8-16(21)19(15)25(20)12-22/h3-11H,1-2H3. The van der Waals surface area contributed by atoms with Crippen molar-refractivity contribution in [2.45, 2.75) is 19.5 Å². The Morgan fingerprint density at radius 3 is 2.72 bits per heavy atom. The maximum Gasteiger partial charge on any atom is 0.186 e. The van der Waals surface area contributed by atoms with Crippen LogP contribution >= 0.6 is 0 Å². The van der Waals surface area contributed by atoms with E-state index in [-0.39, 0.29) is 5.69 Å². The molecule has 4 nitrogen and oxygen atoms in total. The Hall–Kier alpha value is -3.26. The number of pyridine rings is 1. The van der Waals surface area contributed by atoms with Gasteiger partial charge in [0.2, 0.25) is 0 Å². The number of hydrogen-bond donors (Lipinski definition) is 0. The molecule has 1 aromatic heterocycles. The molecule has 5 heteroatoms.